The summed E-state index contributed by atoms with van der Waals surface area (Å²) in [5.74, 6) is -0.112. The van der Waals surface area contributed by atoms with Gasteiger partial charge in [-0.25, -0.2) is 4.79 Å². The molecule has 1 saturated heterocycles. The molecule has 0 amide bonds. The molecule has 2 aliphatic heterocycles. The molecular formula is C17H19NO3. The highest BCUT2D eigenvalue weighted by Gasteiger charge is 2.40. The number of hydrogen-bond donors (Lipinski definition) is 0. The third-order valence-electron chi connectivity index (χ3n) is 4.05. The molecule has 21 heavy (non-hydrogen) atoms. The zero-order valence-electron chi connectivity index (χ0n) is 12.1. The number of nitrogens with zero attached hydrogens (tertiary/aromatic N) is 1. The summed E-state index contributed by atoms with van der Waals surface area (Å²) in [4.78, 5) is 13.9. The first-order valence-electron chi connectivity index (χ1n) is 7.07. The Labute approximate surface area is 124 Å². The Morgan fingerprint density at radius 2 is 2.19 bits per heavy atom. The quantitative estimate of drug-likeness (QED) is 0.632. The average Bonchev–Trinajstić information content (AvgIpc) is 2.89. The zero-order valence-corrected chi connectivity index (χ0v) is 12.1. The van der Waals surface area contributed by atoms with Gasteiger partial charge in [0.2, 0.25) is 0 Å². The van der Waals surface area contributed by atoms with E-state index in [1.165, 1.54) is 12.7 Å². The van der Waals surface area contributed by atoms with Crippen LogP contribution in [0.5, 0.6) is 0 Å². The van der Waals surface area contributed by atoms with Crippen molar-refractivity contribution in [2.75, 3.05) is 13.7 Å². The van der Waals surface area contributed by atoms with Crippen molar-refractivity contribution in [1.82, 2.24) is 4.90 Å². The predicted molar refractivity (Wildman–Crippen MR) is 79.1 cm³/mol. The molecule has 0 saturated carbocycles. The van der Waals surface area contributed by atoms with E-state index in [2.05, 4.69) is 23.6 Å². The van der Waals surface area contributed by atoms with Gasteiger partial charge in [0.1, 0.15) is 6.23 Å². The summed E-state index contributed by atoms with van der Waals surface area (Å²) in [6.07, 6.45) is 2.48. The third-order valence-corrected chi connectivity index (χ3v) is 4.05. The monoisotopic (exact) mass is 285 g/mol. The van der Waals surface area contributed by atoms with Gasteiger partial charge in [0, 0.05) is 18.7 Å². The van der Waals surface area contributed by atoms with Crippen molar-refractivity contribution in [3.05, 3.63) is 59.8 Å². The highest BCUT2D eigenvalue weighted by atomic mass is 16.5. The fourth-order valence-corrected chi connectivity index (χ4v) is 2.95. The van der Waals surface area contributed by atoms with E-state index < -0.39 is 0 Å². The maximum Gasteiger partial charge on any atom is 0.335 e. The molecule has 0 aromatic heterocycles. The molecular weight excluding hydrogens is 266 g/mol. The minimum Gasteiger partial charge on any atom is -0.466 e. The zero-order chi connectivity index (χ0) is 14.8. The Morgan fingerprint density at radius 3 is 2.90 bits per heavy atom. The number of carbonyl (C=O) groups is 1. The molecule has 0 bridgehead atoms. The van der Waals surface area contributed by atoms with E-state index >= 15 is 0 Å². The maximum atomic E-state index is 11.9. The van der Waals surface area contributed by atoms with Crippen molar-refractivity contribution >= 4 is 5.97 Å². The number of benzene rings is 1. The normalized spacial score (nSPS) is 24.5. The van der Waals surface area contributed by atoms with E-state index in [0.717, 1.165) is 5.57 Å². The predicted octanol–water partition coefficient (Wildman–Crippen LogP) is 2.48. The van der Waals surface area contributed by atoms with Crippen LogP contribution in [0.25, 0.3) is 0 Å². The van der Waals surface area contributed by atoms with Gasteiger partial charge in [-0.1, -0.05) is 36.9 Å². The lowest BCUT2D eigenvalue weighted by Gasteiger charge is -2.35. The van der Waals surface area contributed by atoms with Gasteiger partial charge in [-0.2, -0.15) is 0 Å². The molecule has 1 fully saturated rings. The van der Waals surface area contributed by atoms with Gasteiger partial charge in [-0.3, -0.25) is 0 Å². The van der Waals surface area contributed by atoms with Crippen LogP contribution in [0.2, 0.25) is 0 Å². The van der Waals surface area contributed by atoms with Crippen LogP contribution in [-0.2, 0) is 20.8 Å². The first-order chi connectivity index (χ1) is 10.2. The molecule has 0 N–H and O–H groups in total. The van der Waals surface area contributed by atoms with E-state index in [9.17, 15) is 4.79 Å². The topological polar surface area (TPSA) is 38.8 Å². The number of esters is 1. The van der Waals surface area contributed by atoms with Gasteiger partial charge in [0.05, 0.1) is 19.3 Å². The summed E-state index contributed by atoms with van der Waals surface area (Å²) in [5, 5.41) is 0. The van der Waals surface area contributed by atoms with Crippen molar-refractivity contribution in [1.29, 1.82) is 0 Å². The van der Waals surface area contributed by atoms with Crippen LogP contribution in [-0.4, -0.2) is 30.8 Å². The van der Waals surface area contributed by atoms with Gasteiger partial charge in [-0.05, 0) is 17.6 Å². The van der Waals surface area contributed by atoms with E-state index in [0.29, 0.717) is 25.1 Å². The number of hydrogen-bond acceptors (Lipinski definition) is 4. The second-order valence-electron chi connectivity index (χ2n) is 5.47. The van der Waals surface area contributed by atoms with E-state index in [1.54, 1.807) is 0 Å². The van der Waals surface area contributed by atoms with Crippen LogP contribution >= 0.6 is 0 Å². The number of carbonyl (C=O) groups excluding carboxylic acids is 1. The molecule has 110 valence electrons. The molecule has 4 nitrogen and oxygen atoms in total. The summed E-state index contributed by atoms with van der Waals surface area (Å²) in [6.45, 7) is 5.33. The second-order valence-corrected chi connectivity index (χ2v) is 5.47. The van der Waals surface area contributed by atoms with Gasteiger partial charge in [-0.15, -0.1) is 0 Å². The largest absolute Gasteiger partial charge is 0.466 e. The fourth-order valence-electron chi connectivity index (χ4n) is 2.95. The highest BCUT2D eigenvalue weighted by molar-refractivity contribution is 5.88. The lowest BCUT2D eigenvalue weighted by molar-refractivity contribution is -0.137. The first-order valence-corrected chi connectivity index (χ1v) is 7.07. The average molecular weight is 285 g/mol. The molecule has 4 heteroatoms. The number of ether oxygens (including phenoxy) is 2. The first kappa shape index (κ1) is 13.9. The second kappa shape index (κ2) is 5.74. The van der Waals surface area contributed by atoms with Crippen molar-refractivity contribution in [3.63, 3.8) is 0 Å². The lowest BCUT2D eigenvalue weighted by Crippen LogP contribution is -2.39. The van der Waals surface area contributed by atoms with Crippen molar-refractivity contribution in [3.8, 4) is 0 Å². The SMILES string of the molecule is C=C1CO[C@@H]2[C@H]1CC(C(=O)OC)=CN2Cc1ccccc1. The Hall–Kier alpha value is -2.07. The number of fused-ring (bicyclic) bond motifs is 1. The Bertz CT molecular complexity index is 579. The van der Waals surface area contributed by atoms with Crippen LogP contribution < -0.4 is 0 Å². The minimum absolute atomic E-state index is 0.0360. The van der Waals surface area contributed by atoms with Crippen LogP contribution in [0.4, 0.5) is 0 Å². The minimum atomic E-state index is -0.272. The summed E-state index contributed by atoms with van der Waals surface area (Å²) in [5.41, 5.74) is 2.91. The molecule has 2 aliphatic rings. The summed E-state index contributed by atoms with van der Waals surface area (Å²) in [6, 6.07) is 10.1. The molecule has 1 aromatic rings. The maximum absolute atomic E-state index is 11.9. The number of rotatable bonds is 3. The van der Waals surface area contributed by atoms with E-state index in [1.807, 2.05) is 24.4 Å². The molecule has 0 radical (unpaired) electrons. The molecule has 2 atom stereocenters. The van der Waals surface area contributed by atoms with Gasteiger partial charge in [0.25, 0.3) is 0 Å². The summed E-state index contributed by atoms with van der Waals surface area (Å²) in [7, 11) is 1.41. The molecule has 0 aliphatic carbocycles. The van der Waals surface area contributed by atoms with E-state index in [-0.39, 0.29) is 18.1 Å². The van der Waals surface area contributed by atoms with Gasteiger partial charge < -0.3 is 14.4 Å². The fraction of sp³-hybridized carbons (Fsp3) is 0.353. The summed E-state index contributed by atoms with van der Waals surface area (Å²) < 4.78 is 10.7. The smallest absolute Gasteiger partial charge is 0.335 e. The van der Waals surface area contributed by atoms with Crippen LogP contribution in [0, 0.1) is 5.92 Å². The van der Waals surface area contributed by atoms with E-state index in [4.69, 9.17) is 9.47 Å². The van der Waals surface area contributed by atoms with Crippen LogP contribution in [0.3, 0.4) is 0 Å². The highest BCUT2D eigenvalue weighted by Crippen LogP contribution is 2.37. The Balaban J connectivity index is 1.87. The molecule has 2 heterocycles. The molecule has 3 rings (SSSR count). The van der Waals surface area contributed by atoms with Crippen molar-refractivity contribution in [2.24, 2.45) is 5.92 Å². The van der Waals surface area contributed by atoms with Gasteiger partial charge >= 0.3 is 5.97 Å². The third kappa shape index (κ3) is 2.72. The Morgan fingerprint density at radius 1 is 1.43 bits per heavy atom. The van der Waals surface area contributed by atoms with Gasteiger partial charge in [0.15, 0.2) is 0 Å². The van der Waals surface area contributed by atoms with Crippen molar-refractivity contribution in [2.45, 2.75) is 19.2 Å². The standard InChI is InChI=1S/C17H19NO3/c1-12-11-21-16-15(12)8-14(17(19)20-2)10-18(16)9-13-6-4-3-5-7-13/h3-7,10,15-16H,1,8-9,11H2,2H3/t15-,16+/m0/s1. The van der Waals surface area contributed by atoms with Crippen LogP contribution in [0.15, 0.2) is 54.3 Å². The lowest BCUT2D eigenvalue weighted by atomic mass is 9.90. The molecule has 0 spiro atoms. The molecule has 0 unspecified atom stereocenters. The summed E-state index contributed by atoms with van der Waals surface area (Å²) >= 11 is 0. The van der Waals surface area contributed by atoms with Crippen LogP contribution in [0.1, 0.15) is 12.0 Å². The van der Waals surface area contributed by atoms with Crippen molar-refractivity contribution < 1.29 is 14.3 Å². The Kier molecular flexibility index (Phi) is 3.80. The molecule has 1 aromatic carbocycles. The number of methoxy groups -OCH3 is 1.